The molecule has 1 amide bonds. The number of benzene rings is 1. The standard InChI is InChI=1S/C21H29NO4/c1-5-17-14-22(20(24)25-15-16-9-7-6-8-10-16)12-11-18(17)13-19(23)26-21(2,3)4/h5-10,17-18H,1,11-15H2,2-4H3/t17-,18-/m0/s1. The summed E-state index contributed by atoms with van der Waals surface area (Å²) in [6, 6.07) is 9.60. The van der Waals surface area contributed by atoms with Crippen LogP contribution in [0.25, 0.3) is 0 Å². The SMILES string of the molecule is C=C[C@H]1CN(C(=O)OCc2ccccc2)CC[C@H]1CC(=O)OC(C)(C)C. The second-order valence-corrected chi connectivity index (χ2v) is 7.73. The van der Waals surface area contributed by atoms with Crippen LogP contribution in [-0.4, -0.2) is 35.7 Å². The molecule has 1 fully saturated rings. The van der Waals surface area contributed by atoms with Crippen molar-refractivity contribution < 1.29 is 19.1 Å². The zero-order chi connectivity index (χ0) is 19.2. The molecule has 0 unspecified atom stereocenters. The predicted octanol–water partition coefficient (Wildman–Crippen LogP) is 4.18. The number of hydrogen-bond donors (Lipinski definition) is 0. The van der Waals surface area contributed by atoms with Crippen LogP contribution in [0.4, 0.5) is 4.79 Å². The van der Waals surface area contributed by atoms with Gasteiger partial charge in [0.2, 0.25) is 0 Å². The fraction of sp³-hybridized carbons (Fsp3) is 0.524. The van der Waals surface area contributed by atoms with Crippen molar-refractivity contribution in [2.75, 3.05) is 13.1 Å². The second kappa shape index (κ2) is 8.88. The molecule has 2 atom stereocenters. The predicted molar refractivity (Wildman–Crippen MR) is 100 cm³/mol. The highest BCUT2D eigenvalue weighted by atomic mass is 16.6. The number of amides is 1. The molecular weight excluding hydrogens is 330 g/mol. The summed E-state index contributed by atoms with van der Waals surface area (Å²) in [7, 11) is 0. The molecule has 1 aliphatic rings. The molecule has 1 aliphatic heterocycles. The minimum atomic E-state index is -0.483. The molecule has 5 nitrogen and oxygen atoms in total. The average Bonchev–Trinajstić information content (AvgIpc) is 2.59. The second-order valence-electron chi connectivity index (χ2n) is 7.73. The molecule has 0 aliphatic carbocycles. The molecule has 0 bridgehead atoms. The normalized spacial score (nSPS) is 20.3. The van der Waals surface area contributed by atoms with Gasteiger partial charge >= 0.3 is 12.1 Å². The van der Waals surface area contributed by atoms with E-state index < -0.39 is 5.60 Å². The molecule has 0 N–H and O–H groups in total. The first kappa shape index (κ1) is 20.0. The van der Waals surface area contributed by atoms with Crippen LogP contribution in [0.5, 0.6) is 0 Å². The van der Waals surface area contributed by atoms with Gasteiger partial charge in [-0.25, -0.2) is 4.79 Å². The molecule has 0 saturated carbocycles. The lowest BCUT2D eigenvalue weighted by Crippen LogP contribution is -2.44. The number of carbonyl (C=O) groups is 2. The molecule has 5 heteroatoms. The van der Waals surface area contributed by atoms with Gasteiger partial charge in [-0.3, -0.25) is 4.79 Å². The average molecular weight is 359 g/mol. The summed E-state index contributed by atoms with van der Waals surface area (Å²) in [4.78, 5) is 26.1. The monoisotopic (exact) mass is 359 g/mol. The van der Waals surface area contributed by atoms with Gasteiger partial charge in [-0.2, -0.15) is 0 Å². The quantitative estimate of drug-likeness (QED) is 0.585. The van der Waals surface area contributed by atoms with Crippen molar-refractivity contribution in [1.82, 2.24) is 4.90 Å². The van der Waals surface area contributed by atoms with E-state index in [4.69, 9.17) is 9.47 Å². The minimum absolute atomic E-state index is 0.0561. The first-order valence-corrected chi connectivity index (χ1v) is 9.08. The first-order chi connectivity index (χ1) is 12.3. The van der Waals surface area contributed by atoms with Crippen LogP contribution in [0, 0.1) is 11.8 Å². The van der Waals surface area contributed by atoms with Crippen molar-refractivity contribution in [3.05, 3.63) is 48.6 Å². The lowest BCUT2D eigenvalue weighted by atomic mass is 9.83. The molecule has 1 heterocycles. The number of nitrogens with zero attached hydrogens (tertiary/aromatic N) is 1. The fourth-order valence-corrected chi connectivity index (χ4v) is 3.12. The third-order valence-corrected chi connectivity index (χ3v) is 4.42. The Hall–Kier alpha value is -2.30. The third kappa shape index (κ3) is 6.21. The third-order valence-electron chi connectivity index (χ3n) is 4.42. The number of ether oxygens (including phenoxy) is 2. The Morgan fingerprint density at radius 2 is 1.96 bits per heavy atom. The van der Waals surface area contributed by atoms with E-state index in [-0.39, 0.29) is 30.5 Å². The van der Waals surface area contributed by atoms with Crippen LogP contribution >= 0.6 is 0 Å². The minimum Gasteiger partial charge on any atom is -0.460 e. The maximum absolute atomic E-state index is 12.3. The molecule has 0 radical (unpaired) electrons. The number of rotatable bonds is 5. The molecule has 1 aromatic rings. The van der Waals surface area contributed by atoms with E-state index in [2.05, 4.69) is 6.58 Å². The van der Waals surface area contributed by atoms with E-state index in [1.165, 1.54) is 0 Å². The van der Waals surface area contributed by atoms with Gasteiger partial charge in [-0.15, -0.1) is 6.58 Å². The molecule has 26 heavy (non-hydrogen) atoms. The van der Waals surface area contributed by atoms with Crippen molar-refractivity contribution in [3.8, 4) is 0 Å². The highest BCUT2D eigenvalue weighted by Crippen LogP contribution is 2.29. The molecule has 0 aromatic heterocycles. The summed E-state index contributed by atoms with van der Waals surface area (Å²) >= 11 is 0. The Morgan fingerprint density at radius 1 is 1.27 bits per heavy atom. The van der Waals surface area contributed by atoms with Crippen molar-refractivity contribution in [2.45, 2.75) is 45.8 Å². The van der Waals surface area contributed by atoms with E-state index in [1.54, 1.807) is 4.90 Å². The maximum Gasteiger partial charge on any atom is 0.410 e. The topological polar surface area (TPSA) is 55.8 Å². The summed E-state index contributed by atoms with van der Waals surface area (Å²) < 4.78 is 10.8. The lowest BCUT2D eigenvalue weighted by molar-refractivity contribution is -0.156. The van der Waals surface area contributed by atoms with Crippen molar-refractivity contribution in [3.63, 3.8) is 0 Å². The lowest BCUT2D eigenvalue weighted by Gasteiger charge is -2.36. The zero-order valence-electron chi connectivity index (χ0n) is 15.9. The van der Waals surface area contributed by atoms with Gasteiger partial charge in [0.25, 0.3) is 0 Å². The van der Waals surface area contributed by atoms with E-state index in [0.717, 1.165) is 12.0 Å². The molecule has 1 saturated heterocycles. The summed E-state index contributed by atoms with van der Waals surface area (Å²) in [6.07, 6.45) is 2.58. The first-order valence-electron chi connectivity index (χ1n) is 9.08. The van der Waals surface area contributed by atoms with Crippen molar-refractivity contribution >= 4 is 12.1 Å². The Labute approximate surface area is 156 Å². The van der Waals surface area contributed by atoms with Crippen LogP contribution in [0.2, 0.25) is 0 Å². The van der Waals surface area contributed by atoms with Gasteiger partial charge in [0, 0.05) is 19.5 Å². The van der Waals surface area contributed by atoms with Gasteiger partial charge in [0.05, 0.1) is 0 Å². The molecule has 142 valence electrons. The summed E-state index contributed by atoms with van der Waals surface area (Å²) in [5.41, 5.74) is 0.476. The van der Waals surface area contributed by atoms with E-state index in [9.17, 15) is 9.59 Å². The summed E-state index contributed by atoms with van der Waals surface area (Å²) in [5.74, 6) is -0.00415. The van der Waals surface area contributed by atoms with Crippen LogP contribution in [-0.2, 0) is 20.9 Å². The molecule has 2 rings (SSSR count). The van der Waals surface area contributed by atoms with Gasteiger partial charge < -0.3 is 14.4 Å². The van der Waals surface area contributed by atoms with Crippen molar-refractivity contribution in [2.24, 2.45) is 11.8 Å². The van der Waals surface area contributed by atoms with Crippen LogP contribution in [0.3, 0.4) is 0 Å². The van der Waals surface area contributed by atoms with E-state index in [1.807, 2.05) is 57.2 Å². The Balaban J connectivity index is 1.85. The number of piperidine rings is 1. The highest BCUT2D eigenvalue weighted by molar-refractivity contribution is 5.70. The molecular formula is C21H29NO4. The fourth-order valence-electron chi connectivity index (χ4n) is 3.12. The smallest absolute Gasteiger partial charge is 0.410 e. The van der Waals surface area contributed by atoms with Crippen LogP contribution in [0.15, 0.2) is 43.0 Å². The van der Waals surface area contributed by atoms with Crippen LogP contribution in [0.1, 0.15) is 39.2 Å². The Morgan fingerprint density at radius 3 is 2.58 bits per heavy atom. The van der Waals surface area contributed by atoms with Gasteiger partial charge in [0.1, 0.15) is 12.2 Å². The summed E-state index contributed by atoms with van der Waals surface area (Å²) in [6.45, 7) is 10.8. The number of hydrogen-bond acceptors (Lipinski definition) is 4. The van der Waals surface area contributed by atoms with Gasteiger partial charge in [0.15, 0.2) is 0 Å². The Kier molecular flexibility index (Phi) is 6.83. The number of likely N-dealkylation sites (tertiary alicyclic amines) is 1. The Bertz CT molecular complexity index is 621. The van der Waals surface area contributed by atoms with Gasteiger partial charge in [-0.05, 0) is 44.6 Å². The van der Waals surface area contributed by atoms with Crippen molar-refractivity contribution in [1.29, 1.82) is 0 Å². The summed E-state index contributed by atoms with van der Waals surface area (Å²) in [5, 5.41) is 0. The molecule has 0 spiro atoms. The largest absolute Gasteiger partial charge is 0.460 e. The van der Waals surface area contributed by atoms with Crippen LogP contribution < -0.4 is 0 Å². The maximum atomic E-state index is 12.3. The number of carbonyl (C=O) groups excluding carboxylic acids is 2. The van der Waals surface area contributed by atoms with E-state index in [0.29, 0.717) is 19.5 Å². The number of esters is 1. The van der Waals surface area contributed by atoms with E-state index >= 15 is 0 Å². The zero-order valence-corrected chi connectivity index (χ0v) is 15.9. The highest BCUT2D eigenvalue weighted by Gasteiger charge is 2.32. The molecule has 1 aromatic carbocycles. The van der Waals surface area contributed by atoms with Gasteiger partial charge in [-0.1, -0.05) is 36.4 Å².